The van der Waals surface area contributed by atoms with E-state index in [0.717, 1.165) is 36.6 Å². The van der Waals surface area contributed by atoms with Gasteiger partial charge in [0.15, 0.2) is 23.3 Å². The number of likely N-dealkylation sites (tertiary alicyclic amines) is 1. The standard InChI is InChI=1S/C10H15BrFN5OS2/c1-15-5-2-10(15)3-6-16(7-4-10)20(18)9-13-8(11)14-17(9)19-12/h2-7H2,1H3. The van der Waals surface area contributed by atoms with Gasteiger partial charge in [-0.2, -0.15) is 4.98 Å². The lowest BCUT2D eigenvalue weighted by atomic mass is 9.77. The van der Waals surface area contributed by atoms with Gasteiger partial charge in [0.05, 0.1) is 0 Å². The molecule has 0 aromatic carbocycles. The maximum absolute atomic E-state index is 12.8. The van der Waals surface area contributed by atoms with E-state index in [9.17, 15) is 8.09 Å². The number of hydrogen-bond acceptors (Lipinski definition) is 5. The number of rotatable bonds is 3. The fourth-order valence-corrected chi connectivity index (χ4v) is 5.00. The highest BCUT2D eigenvalue weighted by atomic mass is 79.9. The summed E-state index contributed by atoms with van der Waals surface area (Å²) in [6.07, 6.45) is 3.20. The molecule has 1 aromatic heterocycles. The lowest BCUT2D eigenvalue weighted by Gasteiger charge is -2.54. The molecule has 1 spiro atoms. The Kier molecular flexibility index (Phi) is 4.20. The van der Waals surface area contributed by atoms with Crippen LogP contribution in [0.25, 0.3) is 0 Å². The van der Waals surface area contributed by atoms with Crippen LogP contribution in [0.1, 0.15) is 19.3 Å². The Morgan fingerprint density at radius 1 is 1.35 bits per heavy atom. The topological polar surface area (TPSA) is 54.3 Å². The second-order valence-electron chi connectivity index (χ2n) is 5.18. The highest BCUT2D eigenvalue weighted by Gasteiger charge is 2.45. The van der Waals surface area contributed by atoms with Crippen LogP contribution in [-0.2, 0) is 11.0 Å². The van der Waals surface area contributed by atoms with Gasteiger partial charge in [-0.1, -0.05) is 0 Å². The first kappa shape index (κ1) is 14.9. The van der Waals surface area contributed by atoms with Crippen molar-refractivity contribution >= 4 is 39.2 Å². The van der Waals surface area contributed by atoms with Gasteiger partial charge in [0, 0.05) is 25.2 Å². The minimum atomic E-state index is -1.47. The average molecular weight is 384 g/mol. The summed E-state index contributed by atoms with van der Waals surface area (Å²) in [6, 6.07) is 0. The Morgan fingerprint density at radius 2 is 2.00 bits per heavy atom. The molecule has 6 nitrogen and oxygen atoms in total. The van der Waals surface area contributed by atoms with Crippen LogP contribution in [0, 0.1) is 0 Å². The number of piperidine rings is 1. The molecule has 1 aromatic rings. The Hall–Kier alpha value is -0.0300. The number of halogens is 2. The Labute approximate surface area is 132 Å². The quantitative estimate of drug-likeness (QED) is 0.793. The van der Waals surface area contributed by atoms with E-state index in [1.807, 2.05) is 4.31 Å². The largest absolute Gasteiger partial charge is 0.300 e. The number of aromatic nitrogens is 3. The van der Waals surface area contributed by atoms with Crippen molar-refractivity contribution in [1.29, 1.82) is 0 Å². The van der Waals surface area contributed by atoms with Gasteiger partial charge >= 0.3 is 0 Å². The average Bonchev–Trinajstić information content (AvgIpc) is 2.86. The first-order valence-corrected chi connectivity index (χ1v) is 8.93. The summed E-state index contributed by atoms with van der Waals surface area (Å²) in [5.41, 5.74) is 0.295. The Balaban J connectivity index is 1.70. The summed E-state index contributed by atoms with van der Waals surface area (Å²) in [6.45, 7) is 2.61. The van der Waals surface area contributed by atoms with E-state index in [0.29, 0.717) is 5.54 Å². The van der Waals surface area contributed by atoms with Gasteiger partial charge in [-0.25, -0.2) is 8.51 Å². The molecule has 3 rings (SSSR count). The fourth-order valence-electron chi connectivity index (χ4n) is 2.88. The lowest BCUT2D eigenvalue weighted by molar-refractivity contribution is -0.0258. The van der Waals surface area contributed by atoms with E-state index in [2.05, 4.69) is 38.0 Å². The molecule has 0 N–H and O–H groups in total. The molecular weight excluding hydrogens is 369 g/mol. The molecule has 1 unspecified atom stereocenters. The minimum Gasteiger partial charge on any atom is -0.300 e. The van der Waals surface area contributed by atoms with Crippen molar-refractivity contribution in [2.45, 2.75) is 30.0 Å². The van der Waals surface area contributed by atoms with Gasteiger partial charge in [-0.3, -0.25) is 0 Å². The summed E-state index contributed by atoms with van der Waals surface area (Å²) in [5.74, 6) is 0. The molecule has 10 heteroatoms. The maximum atomic E-state index is 12.8. The third-order valence-corrected chi connectivity index (χ3v) is 6.60. The summed E-state index contributed by atoms with van der Waals surface area (Å²) in [5, 5.41) is 3.94. The normalized spacial score (nSPS) is 24.8. The molecular formula is C10H15BrFN5OS2. The molecule has 0 amide bonds. The summed E-state index contributed by atoms with van der Waals surface area (Å²) >= 11 is 2.99. The molecule has 1 atom stereocenters. The molecule has 0 bridgehead atoms. The maximum Gasteiger partial charge on any atom is 0.247 e. The highest BCUT2D eigenvalue weighted by molar-refractivity contribution is 9.10. The number of nitrogens with zero attached hydrogens (tertiary/aromatic N) is 5. The number of hydrogen-bond donors (Lipinski definition) is 0. The van der Waals surface area contributed by atoms with Crippen LogP contribution in [0.5, 0.6) is 0 Å². The highest BCUT2D eigenvalue weighted by Crippen LogP contribution is 2.39. The van der Waals surface area contributed by atoms with Gasteiger partial charge in [0.1, 0.15) is 0 Å². The molecule has 0 aliphatic carbocycles. The van der Waals surface area contributed by atoms with E-state index >= 15 is 0 Å². The zero-order chi connectivity index (χ0) is 14.3. The van der Waals surface area contributed by atoms with E-state index in [-0.39, 0.29) is 22.2 Å². The van der Waals surface area contributed by atoms with Crippen LogP contribution < -0.4 is 0 Å². The van der Waals surface area contributed by atoms with Crippen molar-refractivity contribution < 1.29 is 8.09 Å². The van der Waals surface area contributed by atoms with Crippen molar-refractivity contribution in [2.75, 3.05) is 26.7 Å². The van der Waals surface area contributed by atoms with Crippen molar-refractivity contribution in [2.24, 2.45) is 0 Å². The van der Waals surface area contributed by atoms with Crippen molar-refractivity contribution in [1.82, 2.24) is 23.4 Å². The van der Waals surface area contributed by atoms with E-state index in [1.165, 1.54) is 6.42 Å². The summed E-state index contributed by atoms with van der Waals surface area (Å²) in [4.78, 5) is 6.38. The Bertz CT molecular complexity index is 534. The Morgan fingerprint density at radius 3 is 2.50 bits per heavy atom. The third-order valence-electron chi connectivity index (χ3n) is 4.36. The third kappa shape index (κ3) is 2.45. The monoisotopic (exact) mass is 383 g/mol. The zero-order valence-corrected chi connectivity index (χ0v) is 14.2. The SMILES string of the molecule is CN1CCC12CCN(S(=O)c1nc(Br)nn1SF)CC2. The fraction of sp³-hybridized carbons (Fsp3) is 0.800. The van der Waals surface area contributed by atoms with Crippen LogP contribution >= 0.6 is 28.3 Å². The van der Waals surface area contributed by atoms with Crippen LogP contribution in [0.3, 0.4) is 0 Å². The van der Waals surface area contributed by atoms with Gasteiger partial charge in [0.2, 0.25) is 9.89 Å². The molecule has 20 heavy (non-hydrogen) atoms. The molecule has 2 aliphatic rings. The van der Waals surface area contributed by atoms with Crippen molar-refractivity contribution in [3.8, 4) is 0 Å². The van der Waals surface area contributed by atoms with Crippen molar-refractivity contribution in [3.63, 3.8) is 0 Å². The van der Waals surface area contributed by atoms with Gasteiger partial charge < -0.3 is 4.90 Å². The molecule has 0 radical (unpaired) electrons. The smallest absolute Gasteiger partial charge is 0.247 e. The van der Waals surface area contributed by atoms with Gasteiger partial charge in [-0.15, -0.1) is 13.1 Å². The molecule has 2 aliphatic heterocycles. The second-order valence-corrected chi connectivity index (χ2v) is 7.75. The van der Waals surface area contributed by atoms with Crippen molar-refractivity contribution in [3.05, 3.63) is 4.73 Å². The van der Waals surface area contributed by atoms with Gasteiger partial charge in [-0.05, 0) is 42.2 Å². The predicted molar refractivity (Wildman–Crippen MR) is 79.0 cm³/mol. The van der Waals surface area contributed by atoms with E-state index in [1.54, 1.807) is 0 Å². The molecule has 2 fully saturated rings. The molecule has 3 heterocycles. The lowest BCUT2D eigenvalue weighted by Crippen LogP contribution is -2.62. The second kappa shape index (κ2) is 5.64. The minimum absolute atomic E-state index is 0.0905. The zero-order valence-electron chi connectivity index (χ0n) is 11.0. The molecule has 2 saturated heterocycles. The van der Waals surface area contributed by atoms with Gasteiger partial charge in [0.25, 0.3) is 0 Å². The van der Waals surface area contributed by atoms with E-state index in [4.69, 9.17) is 0 Å². The van der Waals surface area contributed by atoms with Crippen LogP contribution in [-0.4, -0.2) is 59.8 Å². The molecule has 112 valence electrons. The predicted octanol–water partition coefficient (Wildman–Crippen LogP) is 1.61. The van der Waals surface area contributed by atoms with Crippen LogP contribution in [0.4, 0.5) is 3.89 Å². The van der Waals surface area contributed by atoms with Crippen LogP contribution in [0.2, 0.25) is 0 Å². The summed E-state index contributed by atoms with van der Waals surface area (Å²) < 4.78 is 28.3. The van der Waals surface area contributed by atoms with E-state index < -0.39 is 11.0 Å². The summed E-state index contributed by atoms with van der Waals surface area (Å²) in [7, 11) is 0.673. The first-order chi connectivity index (χ1) is 9.55. The first-order valence-electron chi connectivity index (χ1n) is 6.35. The van der Waals surface area contributed by atoms with Crippen LogP contribution in [0.15, 0.2) is 9.89 Å². The molecule has 0 saturated carbocycles.